The summed E-state index contributed by atoms with van der Waals surface area (Å²) in [5.74, 6) is -0.909. The number of fused-ring (bicyclic) bond motifs is 1. The van der Waals surface area contributed by atoms with E-state index in [4.69, 9.17) is 20.8 Å². The van der Waals surface area contributed by atoms with Crippen molar-refractivity contribution in [3.63, 3.8) is 0 Å². The zero-order valence-corrected chi connectivity index (χ0v) is 16.1. The molecule has 150 valence electrons. The minimum absolute atomic E-state index is 0.00608. The monoisotopic (exact) mass is 416 g/mol. The van der Waals surface area contributed by atoms with E-state index in [1.54, 1.807) is 12.1 Å². The Morgan fingerprint density at radius 1 is 1.28 bits per heavy atom. The van der Waals surface area contributed by atoms with Crippen LogP contribution in [0, 0.1) is 5.82 Å². The molecule has 1 aromatic heterocycles. The third kappa shape index (κ3) is 4.41. The Morgan fingerprint density at radius 2 is 2.14 bits per heavy atom. The Morgan fingerprint density at radius 3 is 2.93 bits per heavy atom. The Hall–Kier alpha value is -2.90. The molecule has 0 unspecified atom stereocenters. The van der Waals surface area contributed by atoms with Gasteiger partial charge >= 0.3 is 0 Å². The second kappa shape index (κ2) is 8.23. The summed E-state index contributed by atoms with van der Waals surface area (Å²) in [5, 5.41) is 13.4. The Balaban J connectivity index is 1.79. The molecule has 6 nitrogen and oxygen atoms in total. The molecular weight excluding hydrogens is 399 g/mol. The summed E-state index contributed by atoms with van der Waals surface area (Å²) in [6.07, 6.45) is 1.83. The van der Waals surface area contributed by atoms with E-state index in [-0.39, 0.29) is 33.7 Å². The van der Waals surface area contributed by atoms with Crippen molar-refractivity contribution in [1.82, 2.24) is 5.32 Å². The highest BCUT2D eigenvalue weighted by Gasteiger charge is 2.19. The molecule has 2 aromatic carbocycles. The number of halogens is 2. The molecule has 1 saturated heterocycles. The first-order valence-corrected chi connectivity index (χ1v) is 9.54. The number of hydrogen-bond acceptors (Lipinski definition) is 5. The summed E-state index contributed by atoms with van der Waals surface area (Å²) in [4.78, 5) is 17.1. The normalized spacial score (nSPS) is 17.0. The minimum Gasteiger partial charge on any atom is -0.508 e. The molecule has 2 heterocycles. The lowest BCUT2D eigenvalue weighted by Gasteiger charge is -2.11. The first kappa shape index (κ1) is 19.4. The van der Waals surface area contributed by atoms with E-state index in [0.29, 0.717) is 24.1 Å². The Labute approximate surface area is 170 Å². The zero-order chi connectivity index (χ0) is 20.4. The smallest absolute Gasteiger partial charge is 0.256 e. The van der Waals surface area contributed by atoms with Gasteiger partial charge in [0.05, 0.1) is 16.8 Å². The first-order chi connectivity index (χ1) is 14.0. The molecule has 8 heteroatoms. The number of phenols is 1. The number of carbonyl (C=O) groups excluding carboxylic acids is 1. The van der Waals surface area contributed by atoms with Gasteiger partial charge in [0, 0.05) is 30.7 Å². The van der Waals surface area contributed by atoms with Crippen LogP contribution >= 0.6 is 11.6 Å². The molecule has 1 atom stereocenters. The summed E-state index contributed by atoms with van der Waals surface area (Å²) in [7, 11) is 0. The van der Waals surface area contributed by atoms with Gasteiger partial charge in [0.2, 0.25) is 5.55 Å². The molecule has 1 aliphatic heterocycles. The number of aromatic hydroxyl groups is 1. The summed E-state index contributed by atoms with van der Waals surface area (Å²) >= 11 is 6.11. The van der Waals surface area contributed by atoms with E-state index in [0.717, 1.165) is 18.9 Å². The number of amides is 1. The van der Waals surface area contributed by atoms with Crippen molar-refractivity contribution >= 4 is 34.2 Å². The van der Waals surface area contributed by atoms with Gasteiger partial charge in [0.1, 0.15) is 22.7 Å². The van der Waals surface area contributed by atoms with Crippen LogP contribution in [0.5, 0.6) is 5.75 Å². The largest absolute Gasteiger partial charge is 0.508 e. The highest BCUT2D eigenvalue weighted by Crippen LogP contribution is 2.26. The summed E-state index contributed by atoms with van der Waals surface area (Å²) < 4.78 is 24.9. The van der Waals surface area contributed by atoms with E-state index in [1.807, 2.05) is 0 Å². The van der Waals surface area contributed by atoms with Crippen molar-refractivity contribution in [2.75, 3.05) is 13.2 Å². The fourth-order valence-electron chi connectivity index (χ4n) is 3.14. The summed E-state index contributed by atoms with van der Waals surface area (Å²) in [6, 6.07) is 9.88. The highest BCUT2D eigenvalue weighted by atomic mass is 35.5. The van der Waals surface area contributed by atoms with Gasteiger partial charge in [0.25, 0.3) is 5.91 Å². The van der Waals surface area contributed by atoms with Gasteiger partial charge in [-0.3, -0.25) is 4.79 Å². The standard InChI is InChI=1S/C21H18ClFN2O4/c22-17-6-4-13(23)9-18(17)25-21-16(20(27)24-11-15-2-1-7-28-15)8-12-3-5-14(26)10-19(12)29-21/h3-6,8-10,15,26H,1-2,7,11H2,(H,24,27)/t15-/m1/s1. The van der Waals surface area contributed by atoms with Gasteiger partial charge in [-0.2, -0.15) is 0 Å². The number of ether oxygens (including phenoxy) is 1. The van der Waals surface area contributed by atoms with Gasteiger partial charge in [-0.05, 0) is 43.2 Å². The third-order valence-corrected chi connectivity index (χ3v) is 4.94. The molecule has 2 N–H and O–H groups in total. The maximum Gasteiger partial charge on any atom is 0.256 e. The number of hydrogen-bond donors (Lipinski definition) is 2. The number of nitrogens with zero attached hydrogens (tertiary/aromatic N) is 1. The van der Waals surface area contributed by atoms with Gasteiger partial charge in [-0.25, -0.2) is 9.38 Å². The van der Waals surface area contributed by atoms with Crippen molar-refractivity contribution in [3.8, 4) is 5.75 Å². The van der Waals surface area contributed by atoms with Crippen molar-refractivity contribution in [2.45, 2.75) is 18.9 Å². The molecule has 0 aliphatic carbocycles. The zero-order valence-electron chi connectivity index (χ0n) is 15.3. The van der Waals surface area contributed by atoms with Crippen LogP contribution in [0.3, 0.4) is 0 Å². The van der Waals surface area contributed by atoms with Crippen LogP contribution in [-0.4, -0.2) is 30.3 Å². The van der Waals surface area contributed by atoms with Crippen molar-refractivity contribution < 1.29 is 23.4 Å². The second-order valence-corrected chi connectivity index (χ2v) is 7.15. The topological polar surface area (TPSA) is 84.1 Å². The maximum absolute atomic E-state index is 13.6. The van der Waals surface area contributed by atoms with E-state index >= 15 is 0 Å². The predicted octanol–water partition coefficient (Wildman–Crippen LogP) is 4.07. The highest BCUT2D eigenvalue weighted by molar-refractivity contribution is 6.32. The predicted molar refractivity (Wildman–Crippen MR) is 106 cm³/mol. The molecular formula is C21H18ClFN2O4. The molecule has 1 amide bonds. The molecule has 0 bridgehead atoms. The SMILES string of the molecule is O=C(NC[C@H]1CCCO1)c1cc2ccc(O)cc2oc1=Nc1cc(F)ccc1Cl. The molecule has 1 aliphatic rings. The van der Waals surface area contributed by atoms with Crippen molar-refractivity contribution in [1.29, 1.82) is 0 Å². The van der Waals surface area contributed by atoms with Crippen LogP contribution in [0.1, 0.15) is 23.2 Å². The lowest BCUT2D eigenvalue weighted by molar-refractivity contribution is 0.0854. The van der Waals surface area contributed by atoms with Crippen molar-refractivity contribution in [3.05, 3.63) is 64.4 Å². The van der Waals surface area contributed by atoms with Gasteiger partial charge < -0.3 is 19.6 Å². The first-order valence-electron chi connectivity index (χ1n) is 9.16. The van der Waals surface area contributed by atoms with E-state index in [9.17, 15) is 14.3 Å². The average Bonchev–Trinajstić information content (AvgIpc) is 3.22. The second-order valence-electron chi connectivity index (χ2n) is 6.74. The van der Waals surface area contributed by atoms with Crippen LogP contribution in [-0.2, 0) is 4.74 Å². The van der Waals surface area contributed by atoms with Gasteiger partial charge in [-0.15, -0.1) is 0 Å². The summed E-state index contributed by atoms with van der Waals surface area (Å²) in [5.41, 5.74) is 0.581. The minimum atomic E-state index is -0.518. The molecule has 29 heavy (non-hydrogen) atoms. The number of carbonyl (C=O) groups is 1. The van der Waals surface area contributed by atoms with E-state index < -0.39 is 11.7 Å². The van der Waals surface area contributed by atoms with Crippen LogP contribution in [0.15, 0.2) is 51.9 Å². The number of nitrogens with one attached hydrogen (secondary N) is 1. The van der Waals surface area contributed by atoms with E-state index in [2.05, 4.69) is 10.3 Å². The van der Waals surface area contributed by atoms with Crippen LogP contribution in [0.2, 0.25) is 5.02 Å². The third-order valence-electron chi connectivity index (χ3n) is 4.62. The molecule has 1 fully saturated rings. The van der Waals surface area contributed by atoms with Crippen molar-refractivity contribution in [2.24, 2.45) is 4.99 Å². The number of phenolic OH excluding ortho intramolecular Hbond substituents is 1. The fraction of sp³-hybridized carbons (Fsp3) is 0.238. The number of rotatable bonds is 4. The van der Waals surface area contributed by atoms with Gasteiger partial charge in [-0.1, -0.05) is 11.6 Å². The molecule has 4 rings (SSSR count). The van der Waals surface area contributed by atoms with Crippen LogP contribution in [0.4, 0.5) is 10.1 Å². The quantitative estimate of drug-likeness (QED) is 0.671. The lowest BCUT2D eigenvalue weighted by Crippen LogP contribution is -2.34. The molecule has 0 radical (unpaired) electrons. The van der Waals surface area contributed by atoms with Gasteiger partial charge in [0.15, 0.2) is 0 Å². The molecule has 0 spiro atoms. The van der Waals surface area contributed by atoms with Crippen LogP contribution in [0.25, 0.3) is 11.0 Å². The molecule has 0 saturated carbocycles. The average molecular weight is 417 g/mol. The Kier molecular flexibility index (Phi) is 5.51. The van der Waals surface area contributed by atoms with Crippen LogP contribution < -0.4 is 10.9 Å². The fourth-order valence-corrected chi connectivity index (χ4v) is 3.30. The molecule has 3 aromatic rings. The maximum atomic E-state index is 13.6. The lowest BCUT2D eigenvalue weighted by atomic mass is 10.1. The van der Waals surface area contributed by atoms with E-state index in [1.165, 1.54) is 24.3 Å². The summed E-state index contributed by atoms with van der Waals surface area (Å²) in [6.45, 7) is 1.06. The Bertz CT molecular complexity index is 1140. The number of benzene rings is 2.